The number of para-hydroxylation sites is 2. The molecule has 0 saturated heterocycles. The minimum Gasteiger partial charge on any atom is -0.381 e. The average Bonchev–Trinajstić information content (AvgIpc) is 2.57. The number of imidazole rings is 1. The summed E-state index contributed by atoms with van der Waals surface area (Å²) >= 11 is 0. The number of hydrogen-bond acceptors (Lipinski definition) is 5. The molecule has 6 heteroatoms. The summed E-state index contributed by atoms with van der Waals surface area (Å²) in [7, 11) is 0. The van der Waals surface area contributed by atoms with Crippen molar-refractivity contribution in [3.05, 3.63) is 45.1 Å². The smallest absolute Gasteiger partial charge is 0.381 e. The third-order valence-electron chi connectivity index (χ3n) is 2.02. The molecule has 6 nitrogen and oxygen atoms in total. The zero-order chi connectivity index (χ0) is 10.4. The van der Waals surface area contributed by atoms with Crippen molar-refractivity contribution in [2.75, 3.05) is 0 Å². The molecular formula is C9H4N2O4. The van der Waals surface area contributed by atoms with Crippen molar-refractivity contribution in [3.8, 4) is 0 Å². The van der Waals surface area contributed by atoms with Gasteiger partial charge in [-0.05, 0) is 12.1 Å². The van der Waals surface area contributed by atoms with E-state index in [0.717, 1.165) is 4.57 Å². The van der Waals surface area contributed by atoms with Crippen LogP contribution in [0.15, 0.2) is 42.8 Å². The molecule has 2 heterocycles. The molecule has 15 heavy (non-hydrogen) atoms. The molecule has 0 N–H and O–H groups in total. The summed E-state index contributed by atoms with van der Waals surface area (Å²) in [4.78, 5) is 25.8. The Kier molecular flexibility index (Phi) is 1.37. The van der Waals surface area contributed by atoms with Crippen LogP contribution < -0.4 is 11.3 Å². The SMILES string of the molecule is O=c1oc2nc3ccccc3n2oc1=O. The number of aromatic nitrogens is 2. The number of hydrogen-bond donors (Lipinski definition) is 0. The van der Waals surface area contributed by atoms with Crippen molar-refractivity contribution >= 4 is 16.9 Å². The standard InChI is InChI=1S/C9H4N2O4/c12-7-8(13)15-11-6-4-2-1-3-5(6)10-9(11)14-7/h1-4H. The maximum absolute atomic E-state index is 11.0. The second-order valence-electron chi connectivity index (χ2n) is 2.95. The van der Waals surface area contributed by atoms with Crippen LogP contribution in [0.3, 0.4) is 0 Å². The first kappa shape index (κ1) is 7.98. The maximum atomic E-state index is 11.0. The van der Waals surface area contributed by atoms with Gasteiger partial charge in [0.2, 0.25) is 0 Å². The quantitative estimate of drug-likeness (QED) is 0.495. The Morgan fingerprint density at radius 3 is 2.80 bits per heavy atom. The molecule has 2 aromatic heterocycles. The van der Waals surface area contributed by atoms with Crippen LogP contribution >= 0.6 is 0 Å². The largest absolute Gasteiger partial charge is 0.442 e. The van der Waals surface area contributed by atoms with E-state index in [1.54, 1.807) is 24.3 Å². The van der Waals surface area contributed by atoms with E-state index >= 15 is 0 Å². The maximum Gasteiger partial charge on any atom is 0.442 e. The summed E-state index contributed by atoms with van der Waals surface area (Å²) in [6.45, 7) is 0. The molecule has 3 rings (SSSR count). The van der Waals surface area contributed by atoms with E-state index in [0.29, 0.717) is 11.0 Å². The summed E-state index contributed by atoms with van der Waals surface area (Å²) in [5.74, 6) is -0.0270. The molecule has 0 fully saturated rings. The van der Waals surface area contributed by atoms with Crippen LogP contribution in [0.1, 0.15) is 0 Å². The Morgan fingerprint density at radius 2 is 1.93 bits per heavy atom. The third kappa shape index (κ3) is 1.01. The number of rotatable bonds is 0. The van der Waals surface area contributed by atoms with Crippen LogP contribution in [0.5, 0.6) is 0 Å². The molecule has 0 spiro atoms. The van der Waals surface area contributed by atoms with E-state index in [-0.39, 0.29) is 5.84 Å². The highest BCUT2D eigenvalue weighted by Crippen LogP contribution is 2.13. The van der Waals surface area contributed by atoms with Gasteiger partial charge in [-0.15, -0.1) is 4.57 Å². The Labute approximate surface area is 81.3 Å². The summed E-state index contributed by atoms with van der Waals surface area (Å²) in [6.07, 6.45) is 0. The van der Waals surface area contributed by atoms with Crippen molar-refractivity contribution in [1.29, 1.82) is 0 Å². The predicted molar refractivity (Wildman–Crippen MR) is 49.8 cm³/mol. The Morgan fingerprint density at radius 1 is 1.13 bits per heavy atom. The molecule has 0 bridgehead atoms. The first-order valence-electron chi connectivity index (χ1n) is 4.17. The normalized spacial score (nSPS) is 11.2. The Balaban J connectivity index is 2.67. The highest BCUT2D eigenvalue weighted by Gasteiger charge is 2.09. The van der Waals surface area contributed by atoms with Gasteiger partial charge in [-0.25, -0.2) is 9.59 Å². The Bertz CT molecular complexity index is 765. The van der Waals surface area contributed by atoms with Gasteiger partial charge in [-0.3, -0.25) is 0 Å². The van der Waals surface area contributed by atoms with Crippen molar-refractivity contribution in [3.63, 3.8) is 0 Å². The van der Waals surface area contributed by atoms with Crippen LogP contribution in [0, 0.1) is 0 Å². The molecule has 0 amide bonds. The second-order valence-corrected chi connectivity index (χ2v) is 2.95. The fourth-order valence-electron chi connectivity index (χ4n) is 1.38. The van der Waals surface area contributed by atoms with Crippen LogP contribution in [-0.4, -0.2) is 9.56 Å². The predicted octanol–water partition coefficient (Wildman–Crippen LogP) is 0.394. The van der Waals surface area contributed by atoms with E-state index in [1.165, 1.54) is 0 Å². The van der Waals surface area contributed by atoms with Crippen molar-refractivity contribution in [2.45, 2.75) is 0 Å². The average molecular weight is 204 g/mol. The van der Waals surface area contributed by atoms with E-state index in [2.05, 4.69) is 9.40 Å². The summed E-state index contributed by atoms with van der Waals surface area (Å²) in [5, 5.41) is 0. The molecule has 0 aliphatic carbocycles. The highest BCUT2D eigenvalue weighted by atomic mass is 16.6. The lowest BCUT2D eigenvalue weighted by Gasteiger charge is -1.88. The second kappa shape index (κ2) is 2.57. The van der Waals surface area contributed by atoms with E-state index in [9.17, 15) is 9.59 Å². The van der Waals surface area contributed by atoms with Gasteiger partial charge in [-0.2, -0.15) is 4.98 Å². The lowest BCUT2D eigenvalue weighted by Crippen LogP contribution is -2.23. The topological polar surface area (TPSA) is 77.7 Å². The molecular weight excluding hydrogens is 200 g/mol. The fraction of sp³-hybridized carbons (Fsp3) is 0. The van der Waals surface area contributed by atoms with Crippen LogP contribution in [-0.2, 0) is 0 Å². The minimum absolute atomic E-state index is 0.0270. The van der Waals surface area contributed by atoms with Gasteiger partial charge in [0, 0.05) is 0 Å². The third-order valence-corrected chi connectivity index (χ3v) is 2.02. The first-order valence-corrected chi connectivity index (χ1v) is 4.17. The number of nitrogens with zero attached hydrogens (tertiary/aromatic N) is 2. The zero-order valence-corrected chi connectivity index (χ0v) is 7.34. The lowest BCUT2D eigenvalue weighted by atomic mass is 10.3. The van der Waals surface area contributed by atoms with Gasteiger partial charge in [0.25, 0.3) is 0 Å². The van der Waals surface area contributed by atoms with Gasteiger partial charge >= 0.3 is 17.1 Å². The zero-order valence-electron chi connectivity index (χ0n) is 7.34. The van der Waals surface area contributed by atoms with E-state index in [1.807, 2.05) is 0 Å². The number of benzene rings is 1. The summed E-state index contributed by atoms with van der Waals surface area (Å²) < 4.78 is 10.5. The monoisotopic (exact) mass is 204 g/mol. The Hall–Kier alpha value is -2.37. The van der Waals surface area contributed by atoms with Gasteiger partial charge in [0.15, 0.2) is 0 Å². The van der Waals surface area contributed by atoms with Crippen LogP contribution in [0.2, 0.25) is 0 Å². The van der Waals surface area contributed by atoms with Gasteiger partial charge in [0.05, 0.1) is 5.52 Å². The molecule has 0 aliphatic rings. The minimum atomic E-state index is -1.06. The molecule has 0 atom stereocenters. The highest BCUT2D eigenvalue weighted by molar-refractivity contribution is 5.77. The van der Waals surface area contributed by atoms with Gasteiger partial charge in [-0.1, -0.05) is 12.1 Å². The summed E-state index contributed by atoms with van der Waals surface area (Å²) in [6, 6.07) is 6.98. The molecule has 0 saturated carbocycles. The molecule has 1 aromatic carbocycles. The first-order chi connectivity index (χ1) is 7.25. The van der Waals surface area contributed by atoms with Gasteiger partial charge < -0.3 is 8.94 Å². The number of fused-ring (bicyclic) bond motifs is 3. The lowest BCUT2D eigenvalue weighted by molar-refractivity contribution is 0.283. The van der Waals surface area contributed by atoms with Crippen LogP contribution in [0.25, 0.3) is 16.9 Å². The van der Waals surface area contributed by atoms with Crippen molar-refractivity contribution in [2.24, 2.45) is 0 Å². The molecule has 3 aromatic rings. The summed E-state index contributed by atoms with van der Waals surface area (Å²) in [5.41, 5.74) is -0.938. The van der Waals surface area contributed by atoms with Crippen LogP contribution in [0.4, 0.5) is 0 Å². The fourth-order valence-corrected chi connectivity index (χ4v) is 1.38. The molecule has 0 radical (unpaired) electrons. The van der Waals surface area contributed by atoms with Gasteiger partial charge in [0.1, 0.15) is 5.52 Å². The van der Waals surface area contributed by atoms with E-state index < -0.39 is 11.3 Å². The molecule has 74 valence electrons. The van der Waals surface area contributed by atoms with Crippen molar-refractivity contribution in [1.82, 2.24) is 9.56 Å². The molecule has 0 unspecified atom stereocenters. The van der Waals surface area contributed by atoms with Crippen molar-refractivity contribution < 1.29 is 8.94 Å². The van der Waals surface area contributed by atoms with E-state index in [4.69, 9.17) is 4.52 Å². The molecule has 0 aliphatic heterocycles.